The third-order valence-corrected chi connectivity index (χ3v) is 4.59. The molecular weight excluding hydrogens is 417 g/mol. The fourth-order valence-corrected chi connectivity index (χ4v) is 2.37. The molecule has 26 heavy (non-hydrogen) atoms. The van der Waals surface area contributed by atoms with Crippen LogP contribution in [0.3, 0.4) is 0 Å². The predicted molar refractivity (Wildman–Crippen MR) is 54.9 cm³/mol. The van der Waals surface area contributed by atoms with E-state index in [0.717, 1.165) is 0 Å². The molecule has 0 aromatic carbocycles. The highest BCUT2D eigenvalue weighted by atomic mass is 19.4. The Bertz CT molecular complexity index is 472. The summed E-state index contributed by atoms with van der Waals surface area (Å²) in [6.07, 6.45) is -28.7. The molecule has 0 rings (SSSR count). The maximum Gasteiger partial charge on any atom is 0.454 e. The average molecular weight is 426 g/mol. The second-order valence-electron chi connectivity index (χ2n) is 5.82. The first kappa shape index (κ1) is 24.9. The van der Waals surface area contributed by atoms with E-state index in [2.05, 4.69) is 0 Å². The van der Waals surface area contributed by atoms with Gasteiger partial charge in [-0.25, -0.2) is 4.39 Å². The smallest absolute Gasteiger partial charge is 0.233 e. The molecule has 0 aliphatic carbocycles. The Morgan fingerprint density at radius 3 is 0.769 bits per heavy atom. The molecule has 15 heteroatoms. The summed E-state index contributed by atoms with van der Waals surface area (Å²) in [7, 11) is 0. The molecule has 0 aliphatic rings. The maximum absolute atomic E-state index is 14.1. The van der Waals surface area contributed by atoms with Gasteiger partial charge in [-0.15, -0.1) is 0 Å². The van der Waals surface area contributed by atoms with Gasteiger partial charge < -0.3 is 0 Å². The van der Waals surface area contributed by atoms with Gasteiger partial charge in [0.25, 0.3) is 0 Å². The number of alkyl halides is 15. The summed E-state index contributed by atoms with van der Waals surface area (Å²) in [6.45, 7) is -3.99. The van der Waals surface area contributed by atoms with Crippen molar-refractivity contribution in [2.45, 2.75) is 57.1 Å². The first-order valence-electron chi connectivity index (χ1n) is 6.08. The molecule has 0 bridgehead atoms. The van der Waals surface area contributed by atoms with E-state index in [9.17, 15) is 65.9 Å². The predicted octanol–water partition coefficient (Wildman–Crippen LogP) is 6.61. The highest BCUT2D eigenvalue weighted by Crippen LogP contribution is 2.73. The van der Waals surface area contributed by atoms with Gasteiger partial charge in [-0.2, -0.15) is 61.5 Å². The van der Waals surface area contributed by atoms with Crippen LogP contribution in [0.4, 0.5) is 65.9 Å². The van der Waals surface area contributed by atoms with Gasteiger partial charge in [0, 0.05) is 0 Å². The molecule has 0 amide bonds. The zero-order valence-electron chi connectivity index (χ0n) is 12.7. The Morgan fingerprint density at radius 2 is 0.615 bits per heavy atom. The van der Waals surface area contributed by atoms with Crippen LogP contribution in [0.2, 0.25) is 0 Å². The second-order valence-corrected chi connectivity index (χ2v) is 5.82. The van der Waals surface area contributed by atoms with Crippen molar-refractivity contribution >= 4 is 0 Å². The third-order valence-electron chi connectivity index (χ3n) is 4.59. The van der Waals surface area contributed by atoms with E-state index in [0.29, 0.717) is 0 Å². The van der Waals surface area contributed by atoms with Crippen LogP contribution in [-0.4, -0.2) is 36.3 Å². The van der Waals surface area contributed by atoms with Gasteiger partial charge in [-0.05, 0) is 20.8 Å². The normalized spacial score (nSPS) is 20.5. The van der Waals surface area contributed by atoms with Crippen molar-refractivity contribution in [2.75, 3.05) is 0 Å². The summed E-state index contributed by atoms with van der Waals surface area (Å²) in [5.41, 5.74) is -19.1. The zero-order valence-corrected chi connectivity index (χ0v) is 12.7. The molecule has 0 N–H and O–H groups in total. The van der Waals surface area contributed by atoms with Crippen molar-refractivity contribution in [1.82, 2.24) is 0 Å². The minimum absolute atomic E-state index is 1.23. The number of hydrogen-bond acceptors (Lipinski definition) is 0. The largest absolute Gasteiger partial charge is 0.454 e. The van der Waals surface area contributed by atoms with Crippen LogP contribution in [0.5, 0.6) is 0 Å². The molecule has 0 fully saturated rings. The minimum atomic E-state index is -7.40. The Hall–Kier alpha value is -1.05. The number of rotatable bonds is 3. The van der Waals surface area contributed by atoms with Gasteiger partial charge in [0.1, 0.15) is 5.41 Å². The molecule has 2 unspecified atom stereocenters. The monoisotopic (exact) mass is 426 g/mol. The SMILES string of the molecule is CC(F)(C(F)(F)F)C(C)(C(F)(F)C(F)(F)F)C(C)(C(F)(F)F)C(F)(F)F. The van der Waals surface area contributed by atoms with Crippen molar-refractivity contribution in [3.05, 3.63) is 0 Å². The molecule has 0 aromatic heterocycles. The van der Waals surface area contributed by atoms with E-state index in [-0.39, 0.29) is 0 Å². The molecule has 0 saturated heterocycles. The van der Waals surface area contributed by atoms with E-state index in [1.54, 1.807) is 0 Å². The van der Waals surface area contributed by atoms with E-state index in [1.807, 2.05) is 0 Å². The fraction of sp³-hybridized carbons (Fsp3) is 1.00. The summed E-state index contributed by atoms with van der Waals surface area (Å²) < 4.78 is 195. The lowest BCUT2D eigenvalue weighted by Gasteiger charge is -2.56. The van der Waals surface area contributed by atoms with E-state index < -0.39 is 67.9 Å². The van der Waals surface area contributed by atoms with Crippen molar-refractivity contribution in [3.63, 3.8) is 0 Å². The second kappa shape index (κ2) is 5.72. The summed E-state index contributed by atoms with van der Waals surface area (Å²) in [4.78, 5) is 0. The summed E-state index contributed by atoms with van der Waals surface area (Å²) in [6, 6.07) is 0. The van der Waals surface area contributed by atoms with Crippen LogP contribution in [0.25, 0.3) is 0 Å². The topological polar surface area (TPSA) is 0 Å². The van der Waals surface area contributed by atoms with E-state index in [1.165, 1.54) is 0 Å². The molecular formula is C11H9F15. The Balaban J connectivity index is 7.57. The summed E-state index contributed by atoms with van der Waals surface area (Å²) in [5, 5.41) is 0. The van der Waals surface area contributed by atoms with Crippen LogP contribution >= 0.6 is 0 Å². The van der Waals surface area contributed by atoms with Gasteiger partial charge in [0.15, 0.2) is 5.41 Å². The van der Waals surface area contributed by atoms with Crippen LogP contribution in [0, 0.1) is 10.8 Å². The van der Waals surface area contributed by atoms with Crippen LogP contribution in [0.1, 0.15) is 20.8 Å². The van der Waals surface area contributed by atoms with Crippen molar-refractivity contribution < 1.29 is 65.9 Å². The molecule has 0 saturated carbocycles. The van der Waals surface area contributed by atoms with Gasteiger partial charge in [0.05, 0.1) is 0 Å². The van der Waals surface area contributed by atoms with Crippen LogP contribution in [0.15, 0.2) is 0 Å². The molecule has 0 radical (unpaired) electrons. The fourth-order valence-electron chi connectivity index (χ4n) is 2.37. The quantitative estimate of drug-likeness (QED) is 0.446. The van der Waals surface area contributed by atoms with Crippen molar-refractivity contribution in [2.24, 2.45) is 10.8 Å². The lowest BCUT2D eigenvalue weighted by molar-refractivity contribution is -0.462. The molecule has 0 aliphatic heterocycles. The molecule has 0 heterocycles. The van der Waals surface area contributed by atoms with Crippen LogP contribution < -0.4 is 0 Å². The molecule has 158 valence electrons. The number of hydrogen-bond donors (Lipinski definition) is 0. The molecule has 0 aromatic rings. The summed E-state index contributed by atoms with van der Waals surface area (Å²) in [5.74, 6) is -7.40. The third kappa shape index (κ3) is 2.88. The number of halogens is 15. The zero-order chi connectivity index (χ0) is 22.0. The molecule has 0 nitrogen and oxygen atoms in total. The standard InChI is InChI=1S/C11H9F15/c1-4(6(3,12)10(21,22)23,7(13,14)11(24,25)26)5(2,8(15,16)17)9(18,19)20/h1-3H3. The first-order chi connectivity index (χ1) is 10.8. The highest BCUT2D eigenvalue weighted by molar-refractivity contribution is 5.19. The Labute approximate surface area is 135 Å². The summed E-state index contributed by atoms with van der Waals surface area (Å²) >= 11 is 0. The van der Waals surface area contributed by atoms with Gasteiger partial charge >= 0.3 is 30.6 Å². The minimum Gasteiger partial charge on any atom is -0.233 e. The lowest BCUT2D eigenvalue weighted by Crippen LogP contribution is -2.76. The maximum atomic E-state index is 14.1. The lowest BCUT2D eigenvalue weighted by atomic mass is 9.53. The highest BCUT2D eigenvalue weighted by Gasteiger charge is 2.92. The van der Waals surface area contributed by atoms with Gasteiger partial charge in [0.2, 0.25) is 5.67 Å². The van der Waals surface area contributed by atoms with Crippen molar-refractivity contribution in [3.8, 4) is 0 Å². The molecule has 0 spiro atoms. The Kier molecular flexibility index (Phi) is 5.49. The van der Waals surface area contributed by atoms with Crippen LogP contribution in [-0.2, 0) is 0 Å². The van der Waals surface area contributed by atoms with Crippen molar-refractivity contribution in [1.29, 1.82) is 0 Å². The average Bonchev–Trinajstić information content (AvgIpc) is 2.30. The van der Waals surface area contributed by atoms with Gasteiger partial charge in [-0.1, -0.05) is 0 Å². The van der Waals surface area contributed by atoms with Gasteiger partial charge in [-0.3, -0.25) is 0 Å². The molecule has 2 atom stereocenters. The van der Waals surface area contributed by atoms with E-state index in [4.69, 9.17) is 0 Å². The van der Waals surface area contributed by atoms with E-state index >= 15 is 0 Å². The first-order valence-corrected chi connectivity index (χ1v) is 6.08. The Morgan fingerprint density at radius 1 is 0.346 bits per heavy atom.